The van der Waals surface area contributed by atoms with Crippen molar-refractivity contribution in [3.63, 3.8) is 0 Å². The minimum absolute atomic E-state index is 0.157. The van der Waals surface area contributed by atoms with Gasteiger partial charge in [-0.3, -0.25) is 0 Å². The summed E-state index contributed by atoms with van der Waals surface area (Å²) in [4.78, 5) is 0. The lowest BCUT2D eigenvalue weighted by Gasteiger charge is -2.28. The zero-order valence-corrected chi connectivity index (χ0v) is 16.8. The van der Waals surface area contributed by atoms with Gasteiger partial charge in [-0.15, -0.1) is 6.58 Å². The molecular weight excluding hydrogens is 360 g/mol. The monoisotopic (exact) mass is 388 g/mol. The number of hydrogen-bond acceptors (Lipinski definition) is 3. The van der Waals surface area contributed by atoms with Gasteiger partial charge in [0, 0.05) is 11.1 Å². The maximum absolute atomic E-state index is 5.79. The number of rotatable bonds is 8. The average Bonchev–Trinajstić information content (AvgIpc) is 2.78. The zero-order chi connectivity index (χ0) is 20.3. The zero-order valence-electron chi connectivity index (χ0n) is 16.8. The van der Waals surface area contributed by atoms with E-state index in [0.29, 0.717) is 18.6 Å². The van der Waals surface area contributed by atoms with Gasteiger partial charge in [0.15, 0.2) is 0 Å². The van der Waals surface area contributed by atoms with Crippen molar-refractivity contribution in [1.29, 1.82) is 0 Å². The molecule has 1 aliphatic carbocycles. The molecule has 0 aromatic heterocycles. The molecule has 0 amide bonds. The molecule has 0 N–H and O–H groups in total. The summed E-state index contributed by atoms with van der Waals surface area (Å²) >= 11 is 0. The van der Waals surface area contributed by atoms with E-state index in [0.717, 1.165) is 29.7 Å². The van der Waals surface area contributed by atoms with Crippen LogP contribution in [0.2, 0.25) is 0 Å². The fraction of sp³-hybridized carbons (Fsp3) is 0.308. The highest BCUT2D eigenvalue weighted by Crippen LogP contribution is 2.34. The van der Waals surface area contributed by atoms with E-state index in [2.05, 4.69) is 49.3 Å². The van der Waals surface area contributed by atoms with Crippen LogP contribution in [0, 0.1) is 11.8 Å². The van der Waals surface area contributed by atoms with E-state index < -0.39 is 0 Å². The Hall–Kier alpha value is -2.96. The highest BCUT2D eigenvalue weighted by Gasteiger charge is 2.22. The standard InChI is InChI=1S/C26H28O3/c1-3-19-28-25-17-13-24(14-18-25)23-11-7-21(8-12-23)5-6-22-9-15-26(16-10-22)29-20-27-4-2/h3-4,7-12,15-16,24-25H,1-2,13-14,17-20H2. The van der Waals surface area contributed by atoms with E-state index in [9.17, 15) is 0 Å². The van der Waals surface area contributed by atoms with E-state index in [1.54, 1.807) is 0 Å². The van der Waals surface area contributed by atoms with Gasteiger partial charge in [-0.1, -0.05) is 36.6 Å². The number of benzene rings is 2. The van der Waals surface area contributed by atoms with Gasteiger partial charge in [0.1, 0.15) is 5.75 Å². The topological polar surface area (TPSA) is 27.7 Å². The Balaban J connectivity index is 1.52. The van der Waals surface area contributed by atoms with Gasteiger partial charge in [-0.2, -0.15) is 0 Å². The molecule has 3 nitrogen and oxygen atoms in total. The molecule has 1 fully saturated rings. The first-order chi connectivity index (χ1) is 14.3. The fourth-order valence-electron chi connectivity index (χ4n) is 3.53. The van der Waals surface area contributed by atoms with Crippen molar-refractivity contribution in [2.75, 3.05) is 13.4 Å². The minimum atomic E-state index is 0.157. The van der Waals surface area contributed by atoms with Crippen LogP contribution in [-0.4, -0.2) is 19.5 Å². The highest BCUT2D eigenvalue weighted by atomic mass is 16.7. The molecule has 3 rings (SSSR count). The van der Waals surface area contributed by atoms with Gasteiger partial charge in [0.2, 0.25) is 6.79 Å². The third-order valence-corrected chi connectivity index (χ3v) is 5.12. The van der Waals surface area contributed by atoms with Crippen LogP contribution < -0.4 is 4.74 Å². The van der Waals surface area contributed by atoms with Crippen molar-refractivity contribution in [2.24, 2.45) is 0 Å². The molecule has 1 saturated carbocycles. The van der Waals surface area contributed by atoms with Gasteiger partial charge in [-0.05, 0) is 73.6 Å². The molecule has 0 aliphatic heterocycles. The van der Waals surface area contributed by atoms with Gasteiger partial charge in [0.05, 0.1) is 19.0 Å². The molecule has 1 aliphatic rings. The molecule has 150 valence electrons. The van der Waals surface area contributed by atoms with Crippen LogP contribution in [0.5, 0.6) is 5.75 Å². The Labute approximate surface area is 174 Å². The van der Waals surface area contributed by atoms with Crippen LogP contribution in [0.3, 0.4) is 0 Å². The summed E-state index contributed by atoms with van der Waals surface area (Å²) in [5, 5.41) is 0. The molecule has 0 spiro atoms. The molecule has 0 unspecified atom stereocenters. The van der Waals surface area contributed by atoms with Crippen LogP contribution in [-0.2, 0) is 9.47 Å². The Morgan fingerprint density at radius 2 is 1.48 bits per heavy atom. The molecular formula is C26H28O3. The first-order valence-corrected chi connectivity index (χ1v) is 10.1. The Morgan fingerprint density at radius 1 is 0.862 bits per heavy atom. The van der Waals surface area contributed by atoms with E-state index in [4.69, 9.17) is 14.2 Å². The summed E-state index contributed by atoms with van der Waals surface area (Å²) in [6.07, 6.45) is 8.18. The van der Waals surface area contributed by atoms with E-state index in [-0.39, 0.29) is 6.79 Å². The van der Waals surface area contributed by atoms with Crippen molar-refractivity contribution in [3.8, 4) is 17.6 Å². The molecule has 29 heavy (non-hydrogen) atoms. The summed E-state index contributed by atoms with van der Waals surface area (Å²) in [7, 11) is 0. The van der Waals surface area contributed by atoms with E-state index >= 15 is 0 Å². The smallest absolute Gasteiger partial charge is 0.229 e. The minimum Gasteiger partial charge on any atom is -0.466 e. The first kappa shape index (κ1) is 20.8. The molecule has 0 saturated heterocycles. The van der Waals surface area contributed by atoms with Crippen LogP contribution in [0.25, 0.3) is 0 Å². The third-order valence-electron chi connectivity index (χ3n) is 5.12. The third kappa shape index (κ3) is 6.55. The van der Waals surface area contributed by atoms with Crippen LogP contribution in [0.1, 0.15) is 48.3 Å². The highest BCUT2D eigenvalue weighted by molar-refractivity contribution is 5.45. The molecule has 0 atom stereocenters. The Morgan fingerprint density at radius 3 is 2.07 bits per heavy atom. The van der Waals surface area contributed by atoms with Crippen LogP contribution in [0.4, 0.5) is 0 Å². The second-order valence-electron chi connectivity index (χ2n) is 7.09. The van der Waals surface area contributed by atoms with Crippen molar-refractivity contribution in [3.05, 3.63) is 90.7 Å². The van der Waals surface area contributed by atoms with Gasteiger partial charge in [-0.25, -0.2) is 0 Å². The maximum Gasteiger partial charge on any atom is 0.229 e. The van der Waals surface area contributed by atoms with Crippen molar-refractivity contribution in [1.82, 2.24) is 0 Å². The van der Waals surface area contributed by atoms with Gasteiger partial charge >= 0.3 is 0 Å². The lowest BCUT2D eigenvalue weighted by Crippen LogP contribution is -2.20. The second kappa shape index (κ2) is 11.1. The van der Waals surface area contributed by atoms with Crippen molar-refractivity contribution < 1.29 is 14.2 Å². The molecule has 2 aromatic rings. The molecule has 2 aromatic carbocycles. The lowest BCUT2D eigenvalue weighted by atomic mass is 9.82. The summed E-state index contributed by atoms with van der Waals surface area (Å²) in [5.41, 5.74) is 3.38. The average molecular weight is 389 g/mol. The predicted molar refractivity (Wildman–Crippen MR) is 117 cm³/mol. The van der Waals surface area contributed by atoms with Gasteiger partial charge in [0.25, 0.3) is 0 Å². The van der Waals surface area contributed by atoms with Crippen LogP contribution in [0.15, 0.2) is 74.0 Å². The largest absolute Gasteiger partial charge is 0.466 e. The molecule has 0 heterocycles. The number of hydrogen-bond donors (Lipinski definition) is 0. The summed E-state index contributed by atoms with van der Waals surface area (Å²) in [6.45, 7) is 8.01. The van der Waals surface area contributed by atoms with Crippen molar-refractivity contribution >= 4 is 0 Å². The van der Waals surface area contributed by atoms with E-state index in [1.165, 1.54) is 24.7 Å². The quantitative estimate of drug-likeness (QED) is 0.188. The second-order valence-corrected chi connectivity index (χ2v) is 7.09. The van der Waals surface area contributed by atoms with Crippen LogP contribution >= 0.6 is 0 Å². The maximum atomic E-state index is 5.79. The van der Waals surface area contributed by atoms with E-state index in [1.807, 2.05) is 30.3 Å². The normalized spacial score (nSPS) is 18.2. The summed E-state index contributed by atoms with van der Waals surface area (Å²) in [6, 6.07) is 16.3. The van der Waals surface area contributed by atoms with Gasteiger partial charge < -0.3 is 14.2 Å². The summed E-state index contributed by atoms with van der Waals surface area (Å²) < 4.78 is 16.1. The van der Waals surface area contributed by atoms with Crippen molar-refractivity contribution in [2.45, 2.75) is 37.7 Å². The Kier molecular flexibility index (Phi) is 7.98. The first-order valence-electron chi connectivity index (χ1n) is 10.1. The summed E-state index contributed by atoms with van der Waals surface area (Å²) in [5.74, 6) is 7.80. The molecule has 0 radical (unpaired) electrons. The predicted octanol–water partition coefficient (Wildman–Crippen LogP) is 5.81. The number of ether oxygens (including phenoxy) is 3. The fourth-order valence-corrected chi connectivity index (χ4v) is 3.53. The molecule has 0 bridgehead atoms. The Bertz CT molecular complexity index is 832. The molecule has 3 heteroatoms. The lowest BCUT2D eigenvalue weighted by molar-refractivity contribution is 0.0424. The SMILES string of the molecule is C=CCOC1CCC(c2ccc(C#Cc3ccc(OCOC=C)cc3)cc2)CC1.